The van der Waals surface area contributed by atoms with Gasteiger partial charge < -0.3 is 15.3 Å². The van der Waals surface area contributed by atoms with Crippen molar-refractivity contribution in [2.45, 2.75) is 6.42 Å². The Balaban J connectivity index is 2.40. The second-order valence-corrected chi connectivity index (χ2v) is 3.77. The van der Waals surface area contributed by atoms with E-state index < -0.39 is 11.8 Å². The van der Waals surface area contributed by atoms with Crippen LogP contribution in [-0.2, 0) is 9.59 Å². The minimum absolute atomic E-state index is 0.184. The number of hydrogen-bond acceptors (Lipinski definition) is 3. The first-order chi connectivity index (χ1) is 8.06. The van der Waals surface area contributed by atoms with Crippen LogP contribution in [0.1, 0.15) is 6.42 Å². The minimum Gasteiger partial charge on any atom is -0.480 e. The van der Waals surface area contributed by atoms with E-state index in [1.54, 1.807) is 0 Å². The molecule has 0 fully saturated rings. The maximum absolute atomic E-state index is 13.1. The summed E-state index contributed by atoms with van der Waals surface area (Å²) < 4.78 is 13.1. The largest absolute Gasteiger partial charge is 0.480 e. The lowest BCUT2D eigenvalue weighted by Crippen LogP contribution is -2.30. The van der Waals surface area contributed by atoms with Crippen LogP contribution in [0.2, 0.25) is 0 Å². The molecule has 0 aromatic heterocycles. The molecule has 0 radical (unpaired) electrons. The highest BCUT2D eigenvalue weighted by atomic mass is 19.1. The van der Waals surface area contributed by atoms with Gasteiger partial charge in [-0.1, -0.05) is 0 Å². The Bertz CT molecular complexity index is 476. The van der Waals surface area contributed by atoms with E-state index in [1.807, 2.05) is 0 Å². The predicted octanol–water partition coefficient (Wildman–Crippen LogP) is 1.06. The van der Waals surface area contributed by atoms with Crippen molar-refractivity contribution in [2.24, 2.45) is 0 Å². The van der Waals surface area contributed by atoms with E-state index in [0.717, 1.165) is 0 Å². The van der Waals surface area contributed by atoms with Gasteiger partial charge in [0.15, 0.2) is 0 Å². The molecule has 90 valence electrons. The van der Waals surface area contributed by atoms with Crippen molar-refractivity contribution >= 4 is 23.3 Å². The number of carbonyl (C=O) groups is 2. The maximum Gasteiger partial charge on any atom is 0.323 e. The smallest absolute Gasteiger partial charge is 0.323 e. The van der Waals surface area contributed by atoms with Gasteiger partial charge in [-0.25, -0.2) is 4.39 Å². The highest BCUT2D eigenvalue weighted by Crippen LogP contribution is 2.29. The molecule has 5 nitrogen and oxygen atoms in total. The van der Waals surface area contributed by atoms with Crippen molar-refractivity contribution in [2.75, 3.05) is 23.3 Å². The number of anilines is 2. The lowest BCUT2D eigenvalue weighted by Gasteiger charge is -2.21. The molecule has 1 heterocycles. The average Bonchev–Trinajstić information content (AvgIpc) is 2.39. The number of carboxylic acid groups (broad SMARTS) is 1. The summed E-state index contributed by atoms with van der Waals surface area (Å²) in [6.07, 6.45) is 0.184. The van der Waals surface area contributed by atoms with Crippen LogP contribution in [0.5, 0.6) is 0 Å². The van der Waals surface area contributed by atoms with E-state index in [1.165, 1.54) is 23.1 Å². The molecule has 2 rings (SSSR count). The first-order valence-corrected chi connectivity index (χ1v) is 5.12. The van der Waals surface area contributed by atoms with Crippen molar-refractivity contribution in [1.82, 2.24) is 0 Å². The quantitative estimate of drug-likeness (QED) is 0.808. The number of rotatable bonds is 2. The van der Waals surface area contributed by atoms with E-state index >= 15 is 0 Å². The van der Waals surface area contributed by atoms with Gasteiger partial charge in [0.2, 0.25) is 5.91 Å². The molecule has 1 amide bonds. The van der Waals surface area contributed by atoms with E-state index in [9.17, 15) is 14.0 Å². The number of benzene rings is 1. The third kappa shape index (κ3) is 2.52. The lowest BCUT2D eigenvalue weighted by atomic mass is 10.2. The highest BCUT2D eigenvalue weighted by molar-refractivity contribution is 5.96. The highest BCUT2D eigenvalue weighted by Gasteiger charge is 2.21. The first-order valence-electron chi connectivity index (χ1n) is 5.12. The monoisotopic (exact) mass is 238 g/mol. The summed E-state index contributed by atoms with van der Waals surface area (Å²) in [5.41, 5.74) is 0.841. The molecule has 0 unspecified atom stereocenters. The molecule has 0 saturated carbocycles. The molecule has 0 aliphatic carbocycles. The molecule has 0 saturated heterocycles. The topological polar surface area (TPSA) is 69.6 Å². The molecule has 1 aliphatic heterocycles. The second-order valence-electron chi connectivity index (χ2n) is 3.77. The summed E-state index contributed by atoms with van der Waals surface area (Å²) in [7, 11) is 0. The summed E-state index contributed by atoms with van der Waals surface area (Å²) in [5.74, 6) is -1.68. The molecule has 1 aliphatic rings. The second kappa shape index (κ2) is 4.40. The normalized spacial score (nSPS) is 14.9. The molecular weight excluding hydrogens is 227 g/mol. The van der Waals surface area contributed by atoms with Crippen molar-refractivity contribution < 1.29 is 19.1 Å². The van der Waals surface area contributed by atoms with Gasteiger partial charge in [0.1, 0.15) is 12.4 Å². The molecule has 0 spiro atoms. The molecular formula is C11H11FN2O3. The lowest BCUT2D eigenvalue weighted by molar-refractivity contribution is -0.135. The van der Waals surface area contributed by atoms with Gasteiger partial charge in [0, 0.05) is 13.0 Å². The van der Waals surface area contributed by atoms with Gasteiger partial charge >= 0.3 is 5.97 Å². The van der Waals surface area contributed by atoms with Crippen LogP contribution in [0.3, 0.4) is 0 Å². The fourth-order valence-corrected chi connectivity index (χ4v) is 1.77. The fraction of sp³-hybridized carbons (Fsp3) is 0.273. The van der Waals surface area contributed by atoms with Gasteiger partial charge in [-0.05, 0) is 18.2 Å². The van der Waals surface area contributed by atoms with Crippen LogP contribution in [0.15, 0.2) is 18.2 Å². The van der Waals surface area contributed by atoms with E-state index in [-0.39, 0.29) is 25.4 Å². The number of nitrogens with zero attached hydrogens (tertiary/aromatic N) is 1. The summed E-state index contributed by atoms with van der Waals surface area (Å²) in [4.78, 5) is 23.6. The zero-order valence-corrected chi connectivity index (χ0v) is 8.94. The van der Waals surface area contributed by atoms with Crippen LogP contribution >= 0.6 is 0 Å². The molecule has 1 aromatic rings. The summed E-state index contributed by atoms with van der Waals surface area (Å²) in [5, 5.41) is 11.4. The van der Waals surface area contributed by atoms with Crippen molar-refractivity contribution in [1.29, 1.82) is 0 Å². The Morgan fingerprint density at radius 2 is 2.29 bits per heavy atom. The van der Waals surface area contributed by atoms with Gasteiger partial charge in [-0.15, -0.1) is 0 Å². The molecule has 6 heteroatoms. The number of carboxylic acids is 1. The summed E-state index contributed by atoms with van der Waals surface area (Å²) in [6.45, 7) is 0. The molecule has 0 bridgehead atoms. The van der Waals surface area contributed by atoms with Gasteiger partial charge in [0.05, 0.1) is 11.4 Å². The Labute approximate surface area is 96.8 Å². The average molecular weight is 238 g/mol. The van der Waals surface area contributed by atoms with Crippen molar-refractivity contribution in [3.63, 3.8) is 0 Å². The number of hydrogen-bond donors (Lipinski definition) is 2. The van der Waals surface area contributed by atoms with Crippen LogP contribution < -0.4 is 10.2 Å². The van der Waals surface area contributed by atoms with Crippen molar-refractivity contribution in [3.8, 4) is 0 Å². The van der Waals surface area contributed by atoms with Crippen LogP contribution in [0, 0.1) is 5.82 Å². The first kappa shape index (κ1) is 11.4. The zero-order chi connectivity index (χ0) is 12.4. The number of halogens is 1. The Hall–Kier alpha value is -2.11. The van der Waals surface area contributed by atoms with E-state index in [4.69, 9.17) is 5.11 Å². The Kier molecular flexibility index (Phi) is 2.95. The maximum atomic E-state index is 13.1. The summed E-state index contributed by atoms with van der Waals surface area (Å²) in [6, 6.07) is 3.88. The van der Waals surface area contributed by atoms with E-state index in [0.29, 0.717) is 11.4 Å². The van der Waals surface area contributed by atoms with Gasteiger partial charge in [-0.3, -0.25) is 9.59 Å². The third-order valence-electron chi connectivity index (χ3n) is 2.51. The fourth-order valence-electron chi connectivity index (χ4n) is 1.77. The molecule has 17 heavy (non-hydrogen) atoms. The van der Waals surface area contributed by atoms with Crippen LogP contribution in [0.4, 0.5) is 15.8 Å². The number of aliphatic carboxylic acids is 1. The van der Waals surface area contributed by atoms with Crippen LogP contribution in [-0.4, -0.2) is 30.1 Å². The minimum atomic E-state index is -1.02. The van der Waals surface area contributed by atoms with Crippen LogP contribution in [0.25, 0.3) is 0 Å². The molecule has 1 aromatic carbocycles. The molecule has 0 atom stereocenters. The van der Waals surface area contributed by atoms with E-state index in [2.05, 4.69) is 5.32 Å². The van der Waals surface area contributed by atoms with Crippen molar-refractivity contribution in [3.05, 3.63) is 24.0 Å². The van der Waals surface area contributed by atoms with Gasteiger partial charge in [0.25, 0.3) is 0 Å². The Morgan fingerprint density at radius 3 is 3.00 bits per heavy atom. The van der Waals surface area contributed by atoms with Gasteiger partial charge in [-0.2, -0.15) is 0 Å². The third-order valence-corrected chi connectivity index (χ3v) is 2.51. The SMILES string of the molecule is O=C(O)CN1CCC(=O)Nc2ccc(F)cc21. The molecule has 2 N–H and O–H groups in total. The number of carbonyl (C=O) groups excluding carboxylic acids is 1. The number of amides is 1. The number of fused-ring (bicyclic) bond motifs is 1. The summed E-state index contributed by atoms with van der Waals surface area (Å²) >= 11 is 0. The number of nitrogens with one attached hydrogen (secondary N) is 1. The standard InChI is InChI=1S/C11H11FN2O3/c12-7-1-2-8-9(5-7)14(6-11(16)17)4-3-10(15)13-8/h1-2,5H,3-4,6H2,(H,13,15)(H,16,17). The predicted molar refractivity (Wildman–Crippen MR) is 59.5 cm³/mol. The zero-order valence-electron chi connectivity index (χ0n) is 8.94. The Morgan fingerprint density at radius 1 is 1.53 bits per heavy atom.